The van der Waals surface area contributed by atoms with Crippen molar-refractivity contribution in [2.45, 2.75) is 31.9 Å². The van der Waals surface area contributed by atoms with Crippen molar-refractivity contribution >= 4 is 12.1 Å². The Kier molecular flexibility index (Phi) is 8.69. The van der Waals surface area contributed by atoms with E-state index >= 15 is 0 Å². The third kappa shape index (κ3) is 7.80. The van der Waals surface area contributed by atoms with Crippen LogP contribution in [0.5, 0.6) is 5.75 Å². The van der Waals surface area contributed by atoms with Crippen molar-refractivity contribution in [3.8, 4) is 5.75 Å². The Bertz CT molecular complexity index is 974. The highest BCUT2D eigenvalue weighted by molar-refractivity contribution is 5.80. The molecule has 32 heavy (non-hydrogen) atoms. The average molecular weight is 434 g/mol. The maximum absolute atomic E-state index is 12.0. The SMILES string of the molecule is O=C(N[C@@H](Cc1ccc(OCCCc2ccccc2)cc1)C(=O)O)OCc1ccccc1. The lowest BCUT2D eigenvalue weighted by Crippen LogP contribution is -2.42. The Morgan fingerprint density at radius 2 is 1.44 bits per heavy atom. The number of carbonyl (C=O) groups is 2. The van der Waals surface area contributed by atoms with Crippen LogP contribution in [0.15, 0.2) is 84.9 Å². The molecule has 6 heteroatoms. The van der Waals surface area contributed by atoms with Gasteiger partial charge in [0.25, 0.3) is 0 Å². The van der Waals surface area contributed by atoms with Crippen molar-refractivity contribution < 1.29 is 24.2 Å². The zero-order valence-electron chi connectivity index (χ0n) is 17.8. The topological polar surface area (TPSA) is 84.9 Å². The molecule has 3 rings (SSSR count). The molecule has 2 N–H and O–H groups in total. The quantitative estimate of drug-likeness (QED) is 0.431. The Labute approximate surface area is 187 Å². The lowest BCUT2D eigenvalue weighted by molar-refractivity contribution is -0.139. The van der Waals surface area contributed by atoms with E-state index in [1.54, 1.807) is 12.1 Å². The van der Waals surface area contributed by atoms with Crippen molar-refractivity contribution in [1.82, 2.24) is 5.32 Å². The summed E-state index contributed by atoms with van der Waals surface area (Å²) in [5.74, 6) is -0.396. The minimum atomic E-state index is -1.12. The summed E-state index contributed by atoms with van der Waals surface area (Å²) in [6.07, 6.45) is 1.23. The van der Waals surface area contributed by atoms with E-state index in [-0.39, 0.29) is 13.0 Å². The number of hydrogen-bond donors (Lipinski definition) is 2. The lowest BCUT2D eigenvalue weighted by atomic mass is 10.1. The van der Waals surface area contributed by atoms with Crippen LogP contribution in [0.2, 0.25) is 0 Å². The van der Waals surface area contributed by atoms with Gasteiger partial charge in [0.15, 0.2) is 0 Å². The van der Waals surface area contributed by atoms with Crippen LogP contribution in [0.25, 0.3) is 0 Å². The molecule has 0 fully saturated rings. The molecule has 0 unspecified atom stereocenters. The Morgan fingerprint density at radius 1 is 0.812 bits per heavy atom. The van der Waals surface area contributed by atoms with Crippen molar-refractivity contribution in [1.29, 1.82) is 0 Å². The molecule has 166 valence electrons. The van der Waals surface area contributed by atoms with E-state index in [1.807, 2.05) is 60.7 Å². The number of rotatable bonds is 11. The van der Waals surface area contributed by atoms with Crippen LogP contribution in [0.4, 0.5) is 4.79 Å². The summed E-state index contributed by atoms with van der Waals surface area (Å²) in [4.78, 5) is 23.6. The van der Waals surface area contributed by atoms with Crippen LogP contribution >= 0.6 is 0 Å². The maximum Gasteiger partial charge on any atom is 0.408 e. The summed E-state index contributed by atoms with van der Waals surface area (Å²) in [6.45, 7) is 0.677. The Morgan fingerprint density at radius 3 is 2.06 bits per heavy atom. The molecule has 1 amide bonds. The molecular weight excluding hydrogens is 406 g/mol. The molecular formula is C26H27NO5. The van der Waals surface area contributed by atoms with Gasteiger partial charge < -0.3 is 19.9 Å². The number of hydrogen-bond acceptors (Lipinski definition) is 4. The predicted molar refractivity (Wildman–Crippen MR) is 122 cm³/mol. The number of carboxylic acid groups (broad SMARTS) is 1. The standard InChI is InChI=1S/C26H27NO5/c28-25(29)24(27-26(30)32-19-22-10-5-2-6-11-22)18-21-13-15-23(16-14-21)31-17-7-12-20-8-3-1-4-9-20/h1-6,8-11,13-16,24H,7,12,17-19H2,(H,27,30)(H,28,29)/t24-/m0/s1. The van der Waals surface area contributed by atoms with E-state index in [2.05, 4.69) is 17.4 Å². The number of carboxylic acids is 1. The number of nitrogens with one attached hydrogen (secondary N) is 1. The number of amides is 1. The van der Waals surface area contributed by atoms with Gasteiger partial charge in [-0.15, -0.1) is 0 Å². The fourth-order valence-electron chi connectivity index (χ4n) is 3.18. The molecule has 6 nitrogen and oxygen atoms in total. The number of aryl methyl sites for hydroxylation is 1. The van der Waals surface area contributed by atoms with Gasteiger partial charge in [-0.05, 0) is 41.7 Å². The molecule has 0 aliphatic heterocycles. The van der Waals surface area contributed by atoms with Gasteiger partial charge in [0.1, 0.15) is 18.4 Å². The van der Waals surface area contributed by atoms with Crippen LogP contribution in [0, 0.1) is 0 Å². The summed E-state index contributed by atoms with van der Waals surface area (Å²) in [6, 6.07) is 25.6. The zero-order chi connectivity index (χ0) is 22.6. The predicted octanol–water partition coefficient (Wildman–Crippen LogP) is 4.62. The average Bonchev–Trinajstić information content (AvgIpc) is 2.82. The largest absolute Gasteiger partial charge is 0.494 e. The van der Waals surface area contributed by atoms with Crippen LogP contribution in [0.1, 0.15) is 23.1 Å². The van der Waals surface area contributed by atoms with Crippen molar-refractivity contribution in [2.24, 2.45) is 0 Å². The van der Waals surface area contributed by atoms with Crippen molar-refractivity contribution in [2.75, 3.05) is 6.61 Å². The van der Waals surface area contributed by atoms with Gasteiger partial charge in [-0.1, -0.05) is 72.8 Å². The van der Waals surface area contributed by atoms with E-state index in [0.29, 0.717) is 6.61 Å². The molecule has 3 aromatic carbocycles. The minimum Gasteiger partial charge on any atom is -0.494 e. The highest BCUT2D eigenvalue weighted by Crippen LogP contribution is 2.15. The fraction of sp³-hybridized carbons (Fsp3) is 0.231. The molecule has 3 aromatic rings. The first-order chi connectivity index (χ1) is 15.6. The normalized spacial score (nSPS) is 11.4. The number of carbonyl (C=O) groups excluding carboxylic acids is 1. The van der Waals surface area contributed by atoms with Gasteiger partial charge in [-0.25, -0.2) is 9.59 Å². The molecule has 0 aliphatic rings. The third-order valence-electron chi connectivity index (χ3n) is 4.89. The summed E-state index contributed by atoms with van der Waals surface area (Å²) in [5, 5.41) is 11.9. The number of benzene rings is 3. The van der Waals surface area contributed by atoms with E-state index in [0.717, 1.165) is 29.7 Å². The van der Waals surface area contributed by atoms with Gasteiger partial charge in [0.05, 0.1) is 6.61 Å². The molecule has 0 saturated heterocycles. The van der Waals surface area contributed by atoms with Gasteiger partial charge in [-0.2, -0.15) is 0 Å². The molecule has 0 bridgehead atoms. The minimum absolute atomic E-state index is 0.0787. The number of alkyl carbamates (subject to hydrolysis) is 1. The third-order valence-corrected chi connectivity index (χ3v) is 4.89. The highest BCUT2D eigenvalue weighted by Gasteiger charge is 2.21. The van der Waals surface area contributed by atoms with Crippen LogP contribution < -0.4 is 10.1 Å². The molecule has 0 radical (unpaired) electrons. The van der Waals surface area contributed by atoms with Crippen molar-refractivity contribution in [3.63, 3.8) is 0 Å². The first-order valence-electron chi connectivity index (χ1n) is 10.6. The molecule has 0 aliphatic carbocycles. The highest BCUT2D eigenvalue weighted by atomic mass is 16.5. The number of ether oxygens (including phenoxy) is 2. The first kappa shape index (κ1) is 22.9. The summed E-state index contributed by atoms with van der Waals surface area (Å²) in [7, 11) is 0. The van der Waals surface area contributed by atoms with E-state index in [4.69, 9.17) is 9.47 Å². The second-order valence-corrected chi connectivity index (χ2v) is 7.38. The molecule has 0 heterocycles. The van der Waals surface area contributed by atoms with Crippen molar-refractivity contribution in [3.05, 3.63) is 102 Å². The second kappa shape index (κ2) is 12.2. The van der Waals surface area contributed by atoms with Gasteiger partial charge in [0.2, 0.25) is 0 Å². The van der Waals surface area contributed by atoms with E-state index in [1.165, 1.54) is 5.56 Å². The first-order valence-corrected chi connectivity index (χ1v) is 10.6. The summed E-state index contributed by atoms with van der Waals surface area (Å²) in [5.41, 5.74) is 2.88. The Balaban J connectivity index is 1.43. The van der Waals surface area contributed by atoms with Crippen LogP contribution in [0.3, 0.4) is 0 Å². The molecule has 0 aromatic heterocycles. The molecule has 0 spiro atoms. The second-order valence-electron chi connectivity index (χ2n) is 7.38. The van der Waals surface area contributed by atoms with E-state index < -0.39 is 18.1 Å². The summed E-state index contributed by atoms with van der Waals surface area (Å²) >= 11 is 0. The lowest BCUT2D eigenvalue weighted by Gasteiger charge is -2.15. The summed E-state index contributed by atoms with van der Waals surface area (Å²) < 4.78 is 10.9. The Hall–Kier alpha value is -3.80. The van der Waals surface area contributed by atoms with Crippen LogP contribution in [-0.4, -0.2) is 29.8 Å². The van der Waals surface area contributed by atoms with E-state index in [9.17, 15) is 14.7 Å². The molecule has 0 saturated carbocycles. The number of aliphatic carboxylic acids is 1. The van der Waals surface area contributed by atoms with Gasteiger partial charge >= 0.3 is 12.1 Å². The fourth-order valence-corrected chi connectivity index (χ4v) is 3.18. The monoisotopic (exact) mass is 433 g/mol. The molecule has 1 atom stereocenters. The zero-order valence-corrected chi connectivity index (χ0v) is 17.8. The van der Waals surface area contributed by atoms with Gasteiger partial charge in [-0.3, -0.25) is 0 Å². The van der Waals surface area contributed by atoms with Crippen LogP contribution in [-0.2, 0) is 29.0 Å². The maximum atomic E-state index is 12.0. The smallest absolute Gasteiger partial charge is 0.408 e. The van der Waals surface area contributed by atoms with Gasteiger partial charge in [0, 0.05) is 6.42 Å².